The molecule has 0 aromatic heterocycles. The number of rotatable bonds is 2. The highest BCUT2D eigenvalue weighted by Gasteiger charge is 2.25. The second-order valence-corrected chi connectivity index (χ2v) is 4.37. The van der Waals surface area contributed by atoms with E-state index in [2.05, 4.69) is 47.3 Å². The molecular formula is C14H18N2. The zero-order chi connectivity index (χ0) is 11.4. The van der Waals surface area contributed by atoms with Gasteiger partial charge < -0.3 is 5.32 Å². The van der Waals surface area contributed by atoms with E-state index in [4.69, 9.17) is 6.42 Å². The standard InChI is InChI=1S/C14H18N2/c1-3-9-16-11-12(2)15-10-14(16)13-7-5-4-6-8-13/h1,4-8,12,14-15H,9-11H2,2H3. The van der Waals surface area contributed by atoms with E-state index < -0.39 is 0 Å². The summed E-state index contributed by atoms with van der Waals surface area (Å²) in [7, 11) is 0. The fourth-order valence-corrected chi connectivity index (χ4v) is 2.28. The molecule has 1 fully saturated rings. The van der Waals surface area contributed by atoms with Crippen molar-refractivity contribution in [3.63, 3.8) is 0 Å². The number of piperazine rings is 1. The van der Waals surface area contributed by atoms with Crippen molar-refractivity contribution in [3.8, 4) is 12.3 Å². The van der Waals surface area contributed by atoms with Gasteiger partial charge in [-0.15, -0.1) is 6.42 Å². The summed E-state index contributed by atoms with van der Waals surface area (Å²) in [5, 5.41) is 3.51. The average Bonchev–Trinajstić information content (AvgIpc) is 2.31. The SMILES string of the molecule is C#CCN1CC(C)NCC1c1ccccc1. The molecule has 0 radical (unpaired) electrons. The van der Waals surface area contributed by atoms with Gasteiger partial charge in [-0.25, -0.2) is 0 Å². The van der Waals surface area contributed by atoms with E-state index in [1.54, 1.807) is 0 Å². The summed E-state index contributed by atoms with van der Waals surface area (Å²) in [6, 6.07) is 11.5. The molecule has 2 nitrogen and oxygen atoms in total. The molecule has 0 bridgehead atoms. The molecule has 1 aromatic carbocycles. The number of hydrogen-bond acceptors (Lipinski definition) is 2. The Bertz CT molecular complexity index is 366. The molecule has 84 valence electrons. The summed E-state index contributed by atoms with van der Waals surface area (Å²) in [6.07, 6.45) is 5.43. The maximum atomic E-state index is 5.43. The van der Waals surface area contributed by atoms with E-state index in [1.165, 1.54) is 5.56 Å². The second kappa shape index (κ2) is 5.16. The normalized spacial score (nSPS) is 26.2. The fourth-order valence-electron chi connectivity index (χ4n) is 2.28. The van der Waals surface area contributed by atoms with Gasteiger partial charge in [-0.2, -0.15) is 0 Å². The van der Waals surface area contributed by atoms with E-state index in [9.17, 15) is 0 Å². The Labute approximate surface area is 97.7 Å². The van der Waals surface area contributed by atoms with Crippen LogP contribution < -0.4 is 5.32 Å². The highest BCUT2D eigenvalue weighted by atomic mass is 15.2. The van der Waals surface area contributed by atoms with Crippen LogP contribution in [0, 0.1) is 12.3 Å². The Morgan fingerprint density at radius 1 is 1.44 bits per heavy atom. The van der Waals surface area contributed by atoms with Crippen molar-refractivity contribution < 1.29 is 0 Å². The van der Waals surface area contributed by atoms with Gasteiger partial charge in [0.25, 0.3) is 0 Å². The van der Waals surface area contributed by atoms with Gasteiger partial charge in [0.2, 0.25) is 0 Å². The smallest absolute Gasteiger partial charge is 0.0605 e. The molecule has 16 heavy (non-hydrogen) atoms. The van der Waals surface area contributed by atoms with Crippen LogP contribution in [0.25, 0.3) is 0 Å². The van der Waals surface area contributed by atoms with Crippen molar-refractivity contribution >= 4 is 0 Å². The van der Waals surface area contributed by atoms with Crippen molar-refractivity contribution in [2.75, 3.05) is 19.6 Å². The summed E-state index contributed by atoms with van der Waals surface area (Å²) < 4.78 is 0. The van der Waals surface area contributed by atoms with Gasteiger partial charge in [-0.1, -0.05) is 36.3 Å². The third-order valence-corrected chi connectivity index (χ3v) is 3.09. The zero-order valence-electron chi connectivity index (χ0n) is 9.69. The van der Waals surface area contributed by atoms with E-state index in [0.29, 0.717) is 12.1 Å². The van der Waals surface area contributed by atoms with Gasteiger partial charge in [-0.05, 0) is 12.5 Å². The third-order valence-electron chi connectivity index (χ3n) is 3.09. The van der Waals surface area contributed by atoms with Crippen molar-refractivity contribution in [1.82, 2.24) is 10.2 Å². The predicted molar refractivity (Wildman–Crippen MR) is 67.1 cm³/mol. The maximum absolute atomic E-state index is 5.43. The van der Waals surface area contributed by atoms with Gasteiger partial charge in [0.05, 0.1) is 6.54 Å². The van der Waals surface area contributed by atoms with Crippen LogP contribution in [-0.4, -0.2) is 30.6 Å². The van der Waals surface area contributed by atoms with Crippen molar-refractivity contribution in [2.24, 2.45) is 0 Å². The fraction of sp³-hybridized carbons (Fsp3) is 0.429. The van der Waals surface area contributed by atoms with Crippen LogP contribution in [0.2, 0.25) is 0 Å². The molecule has 1 N–H and O–H groups in total. The predicted octanol–water partition coefficient (Wildman–Crippen LogP) is 1.65. The molecule has 2 rings (SSSR count). The second-order valence-electron chi connectivity index (χ2n) is 4.37. The zero-order valence-corrected chi connectivity index (χ0v) is 9.69. The Kier molecular flexibility index (Phi) is 3.61. The molecule has 1 aliphatic rings. The van der Waals surface area contributed by atoms with Crippen LogP contribution in [0.3, 0.4) is 0 Å². The summed E-state index contributed by atoms with van der Waals surface area (Å²) in [6.45, 7) is 4.92. The lowest BCUT2D eigenvalue weighted by atomic mass is 10.0. The Morgan fingerprint density at radius 3 is 2.88 bits per heavy atom. The monoisotopic (exact) mass is 214 g/mol. The minimum Gasteiger partial charge on any atom is -0.311 e. The van der Waals surface area contributed by atoms with Crippen molar-refractivity contribution in [1.29, 1.82) is 0 Å². The molecule has 1 aromatic rings. The Morgan fingerprint density at radius 2 is 2.19 bits per heavy atom. The topological polar surface area (TPSA) is 15.3 Å². The van der Waals surface area contributed by atoms with Gasteiger partial charge in [0, 0.05) is 25.2 Å². The van der Waals surface area contributed by atoms with Crippen molar-refractivity contribution in [3.05, 3.63) is 35.9 Å². The molecule has 2 heteroatoms. The minimum absolute atomic E-state index is 0.411. The van der Waals surface area contributed by atoms with Crippen LogP contribution in [0.4, 0.5) is 0 Å². The van der Waals surface area contributed by atoms with Gasteiger partial charge in [0.15, 0.2) is 0 Å². The molecule has 0 aliphatic carbocycles. The number of hydrogen-bond donors (Lipinski definition) is 1. The van der Waals surface area contributed by atoms with Crippen LogP contribution in [0.5, 0.6) is 0 Å². The van der Waals surface area contributed by atoms with E-state index in [0.717, 1.165) is 19.6 Å². The van der Waals surface area contributed by atoms with E-state index in [-0.39, 0.29) is 0 Å². The first-order chi connectivity index (χ1) is 7.81. The quantitative estimate of drug-likeness (QED) is 0.753. The van der Waals surface area contributed by atoms with E-state index in [1.807, 2.05) is 6.07 Å². The first-order valence-corrected chi connectivity index (χ1v) is 5.77. The highest BCUT2D eigenvalue weighted by Crippen LogP contribution is 2.22. The lowest BCUT2D eigenvalue weighted by Crippen LogP contribution is -2.51. The minimum atomic E-state index is 0.411. The number of benzene rings is 1. The highest BCUT2D eigenvalue weighted by molar-refractivity contribution is 5.20. The molecule has 1 aliphatic heterocycles. The van der Waals surface area contributed by atoms with Crippen LogP contribution in [-0.2, 0) is 0 Å². The summed E-state index contributed by atoms with van der Waals surface area (Å²) >= 11 is 0. The molecule has 0 saturated carbocycles. The largest absolute Gasteiger partial charge is 0.311 e. The van der Waals surface area contributed by atoms with Crippen molar-refractivity contribution in [2.45, 2.75) is 19.0 Å². The first-order valence-electron chi connectivity index (χ1n) is 5.77. The van der Waals surface area contributed by atoms with Gasteiger partial charge >= 0.3 is 0 Å². The number of terminal acetylenes is 1. The molecule has 0 spiro atoms. The molecule has 2 atom stereocenters. The van der Waals surface area contributed by atoms with Crippen LogP contribution >= 0.6 is 0 Å². The number of nitrogens with one attached hydrogen (secondary N) is 1. The van der Waals surface area contributed by atoms with E-state index >= 15 is 0 Å². The maximum Gasteiger partial charge on any atom is 0.0605 e. The van der Waals surface area contributed by atoms with Gasteiger partial charge in [0.1, 0.15) is 0 Å². The molecular weight excluding hydrogens is 196 g/mol. The average molecular weight is 214 g/mol. The lowest BCUT2D eigenvalue weighted by molar-refractivity contribution is 0.154. The summed E-state index contributed by atoms with van der Waals surface area (Å²) in [5.41, 5.74) is 1.34. The summed E-state index contributed by atoms with van der Waals surface area (Å²) in [4.78, 5) is 2.37. The third kappa shape index (κ3) is 2.44. The Hall–Kier alpha value is -1.30. The first kappa shape index (κ1) is 11.2. The molecule has 1 saturated heterocycles. The number of nitrogens with zero attached hydrogens (tertiary/aromatic N) is 1. The van der Waals surface area contributed by atoms with Crippen LogP contribution in [0.1, 0.15) is 18.5 Å². The molecule has 2 unspecified atom stereocenters. The Balaban J connectivity index is 2.16. The molecule has 1 heterocycles. The van der Waals surface area contributed by atoms with Gasteiger partial charge in [-0.3, -0.25) is 4.90 Å². The summed E-state index contributed by atoms with van der Waals surface area (Å²) in [5.74, 6) is 2.76. The lowest BCUT2D eigenvalue weighted by Gasteiger charge is -2.38. The molecule has 0 amide bonds. The van der Waals surface area contributed by atoms with Crippen LogP contribution in [0.15, 0.2) is 30.3 Å².